The first-order valence-corrected chi connectivity index (χ1v) is 29.9. The van der Waals surface area contributed by atoms with Gasteiger partial charge in [0.25, 0.3) is 0 Å². The van der Waals surface area contributed by atoms with Crippen molar-refractivity contribution < 1.29 is 29.7 Å². The number of hydrogen-bond acceptors (Lipinski definition) is 6. The molecular weight excluding hydrogens is 1030 g/mol. The molecule has 0 aromatic heterocycles. The zero-order chi connectivity index (χ0) is 48.9. The van der Waals surface area contributed by atoms with Gasteiger partial charge in [0.2, 0.25) is 0 Å². The number of carboxylic acids is 3. The van der Waals surface area contributed by atoms with Crippen molar-refractivity contribution in [2.24, 2.45) is 0 Å². The van der Waals surface area contributed by atoms with Crippen molar-refractivity contribution in [3.05, 3.63) is 0 Å². The molecule has 0 spiro atoms. The monoisotopic (exact) mass is 1140 g/mol. The SMILES string of the molecule is CCCCCCCCCCCCCCCCCCCC(=O)[O-].CCCCCCCCCCCCCCCCCCCC(=O)[O-].CCCCCCCCCCCCCCCCCCCC(=O)[O-].[Bi+3]. The van der Waals surface area contributed by atoms with Gasteiger partial charge in [0, 0.05) is 17.9 Å². The topological polar surface area (TPSA) is 120 Å². The molecule has 0 bridgehead atoms. The third-order valence-electron chi connectivity index (χ3n) is 13.5. The Morgan fingerprint density at radius 2 is 0.284 bits per heavy atom. The Kier molecular flexibility index (Phi) is 75.6. The average molecular weight is 1140 g/mol. The summed E-state index contributed by atoms with van der Waals surface area (Å²) < 4.78 is 0. The zero-order valence-corrected chi connectivity index (χ0v) is 49.1. The molecule has 0 unspecified atom stereocenters. The van der Waals surface area contributed by atoms with Crippen molar-refractivity contribution in [1.29, 1.82) is 0 Å². The Bertz CT molecular complexity index is 799. The second kappa shape index (κ2) is 69.6. The van der Waals surface area contributed by atoms with Crippen LogP contribution in [0.1, 0.15) is 367 Å². The number of aliphatic carboxylic acids is 3. The molecular formula is C60H117BiO6. The summed E-state index contributed by atoms with van der Waals surface area (Å²) >= 11 is 0. The Morgan fingerprint density at radius 1 is 0.194 bits per heavy atom. The smallest absolute Gasteiger partial charge is 0.550 e. The van der Waals surface area contributed by atoms with Gasteiger partial charge >= 0.3 is 26.2 Å². The van der Waals surface area contributed by atoms with Gasteiger partial charge in [0.1, 0.15) is 0 Å². The van der Waals surface area contributed by atoms with Crippen molar-refractivity contribution >= 4 is 44.1 Å². The van der Waals surface area contributed by atoms with E-state index in [1.54, 1.807) is 0 Å². The van der Waals surface area contributed by atoms with Crippen LogP contribution >= 0.6 is 0 Å². The van der Waals surface area contributed by atoms with E-state index in [2.05, 4.69) is 20.8 Å². The van der Waals surface area contributed by atoms with Crippen molar-refractivity contribution in [2.45, 2.75) is 367 Å². The first-order valence-electron chi connectivity index (χ1n) is 29.9. The van der Waals surface area contributed by atoms with Crippen molar-refractivity contribution in [1.82, 2.24) is 0 Å². The molecule has 2 radical (unpaired) electrons. The summed E-state index contributed by atoms with van der Waals surface area (Å²) in [6, 6.07) is 0. The summed E-state index contributed by atoms with van der Waals surface area (Å²) in [5.74, 6) is -2.71. The molecule has 0 saturated heterocycles. The normalized spacial score (nSPS) is 10.8. The number of carbonyl (C=O) groups excluding carboxylic acids is 3. The Balaban J connectivity index is -0.000000441. The molecule has 0 N–H and O–H groups in total. The molecule has 0 saturated carbocycles. The third-order valence-corrected chi connectivity index (χ3v) is 13.5. The predicted molar refractivity (Wildman–Crippen MR) is 287 cm³/mol. The van der Waals surface area contributed by atoms with E-state index in [1.807, 2.05) is 0 Å². The van der Waals surface area contributed by atoms with Gasteiger partial charge in [-0.25, -0.2) is 0 Å². The maximum Gasteiger partial charge on any atom is 3.00 e. The summed E-state index contributed by atoms with van der Waals surface area (Å²) in [4.78, 5) is 30.7. The molecule has 0 fully saturated rings. The van der Waals surface area contributed by atoms with E-state index in [9.17, 15) is 29.7 Å². The van der Waals surface area contributed by atoms with E-state index in [1.165, 1.54) is 289 Å². The van der Waals surface area contributed by atoms with E-state index >= 15 is 0 Å². The zero-order valence-electron chi connectivity index (χ0n) is 45.6. The fourth-order valence-electron chi connectivity index (χ4n) is 8.98. The van der Waals surface area contributed by atoms with E-state index < -0.39 is 17.9 Å². The molecule has 0 rings (SSSR count). The molecule has 67 heavy (non-hydrogen) atoms. The fourth-order valence-corrected chi connectivity index (χ4v) is 8.98. The standard InChI is InChI=1S/3C20H40O2.Bi/c3*1-2-3-4-5-6-7-8-9-10-11-12-13-14-15-16-17-18-19-20(21)22;/h3*2-19H2,1H3,(H,21,22);/q;;;+3/p-3. The van der Waals surface area contributed by atoms with Crippen LogP contribution < -0.4 is 15.3 Å². The summed E-state index contributed by atoms with van der Waals surface area (Å²) in [5.41, 5.74) is 0. The number of rotatable bonds is 54. The average Bonchev–Trinajstić information content (AvgIpc) is 3.29. The summed E-state index contributed by atoms with van der Waals surface area (Å²) in [6.45, 7) is 6.82. The molecule has 7 heteroatoms. The molecule has 6 nitrogen and oxygen atoms in total. The van der Waals surface area contributed by atoms with Crippen LogP contribution in [0, 0.1) is 0 Å². The number of unbranched alkanes of at least 4 members (excludes halogenated alkanes) is 48. The van der Waals surface area contributed by atoms with Crippen LogP contribution in [0.15, 0.2) is 0 Å². The van der Waals surface area contributed by atoms with Gasteiger partial charge in [-0.15, -0.1) is 0 Å². The minimum absolute atomic E-state index is 0. The minimum Gasteiger partial charge on any atom is -0.550 e. The molecule has 0 atom stereocenters. The van der Waals surface area contributed by atoms with Crippen molar-refractivity contribution in [3.8, 4) is 0 Å². The second-order valence-electron chi connectivity index (χ2n) is 20.3. The fraction of sp³-hybridized carbons (Fsp3) is 0.950. The van der Waals surface area contributed by atoms with E-state index in [-0.39, 0.29) is 45.5 Å². The Labute approximate surface area is 438 Å². The van der Waals surface area contributed by atoms with Crippen LogP contribution in [-0.2, 0) is 14.4 Å². The van der Waals surface area contributed by atoms with Crippen molar-refractivity contribution in [2.75, 3.05) is 0 Å². The van der Waals surface area contributed by atoms with Crippen LogP contribution in [0.5, 0.6) is 0 Å². The quantitative estimate of drug-likeness (QED) is 0.0442. The Hall–Kier alpha value is -0.707. The number of carboxylic acid groups (broad SMARTS) is 3. The van der Waals surface area contributed by atoms with Gasteiger partial charge in [-0.1, -0.05) is 329 Å². The van der Waals surface area contributed by atoms with Crippen LogP contribution in [0.25, 0.3) is 0 Å². The van der Waals surface area contributed by atoms with Crippen LogP contribution in [0.4, 0.5) is 0 Å². The minimum atomic E-state index is -0.902. The van der Waals surface area contributed by atoms with Gasteiger partial charge in [0.05, 0.1) is 0 Å². The molecule has 0 amide bonds. The summed E-state index contributed by atoms with van der Waals surface area (Å²) in [5, 5.41) is 30.7. The maximum absolute atomic E-state index is 10.2. The molecule has 0 aromatic carbocycles. The summed E-state index contributed by atoms with van der Waals surface area (Å²) in [7, 11) is 0. The van der Waals surface area contributed by atoms with Gasteiger partial charge in [-0.3, -0.25) is 0 Å². The van der Waals surface area contributed by atoms with Crippen molar-refractivity contribution in [3.63, 3.8) is 0 Å². The molecule has 0 aliphatic rings. The molecule has 0 heterocycles. The predicted octanol–water partition coefficient (Wildman–Crippen LogP) is 17.0. The summed E-state index contributed by atoms with van der Waals surface area (Å²) in [6.07, 6.45) is 68.4. The third kappa shape index (κ3) is 82.5. The molecule has 0 aliphatic heterocycles. The first kappa shape index (κ1) is 72.8. The molecule has 0 aliphatic carbocycles. The largest absolute Gasteiger partial charge is 3.00 e. The van der Waals surface area contributed by atoms with Crippen LogP contribution in [0.3, 0.4) is 0 Å². The van der Waals surface area contributed by atoms with Gasteiger partial charge in [-0.05, 0) is 38.5 Å². The second-order valence-corrected chi connectivity index (χ2v) is 20.3. The first-order chi connectivity index (χ1) is 32.3. The maximum atomic E-state index is 10.2. The molecule has 0 aromatic rings. The number of carbonyl (C=O) groups is 3. The molecule has 398 valence electrons. The van der Waals surface area contributed by atoms with E-state index in [4.69, 9.17) is 0 Å². The van der Waals surface area contributed by atoms with Crippen LogP contribution in [0.2, 0.25) is 0 Å². The van der Waals surface area contributed by atoms with E-state index in [0.717, 1.165) is 38.5 Å². The number of hydrogen-bond donors (Lipinski definition) is 0. The van der Waals surface area contributed by atoms with Gasteiger partial charge in [0.15, 0.2) is 0 Å². The Morgan fingerprint density at radius 3 is 0.373 bits per heavy atom. The van der Waals surface area contributed by atoms with Crippen LogP contribution in [-0.4, -0.2) is 44.1 Å². The van der Waals surface area contributed by atoms with E-state index in [0.29, 0.717) is 0 Å². The van der Waals surface area contributed by atoms with Gasteiger partial charge < -0.3 is 29.7 Å². The van der Waals surface area contributed by atoms with Gasteiger partial charge in [-0.2, -0.15) is 0 Å².